The number of aryl methyl sites for hydroxylation is 1. The Bertz CT molecular complexity index is 1440. The van der Waals surface area contributed by atoms with Crippen molar-refractivity contribution in [1.82, 2.24) is 14.9 Å². The maximum atomic E-state index is 13.4. The molecule has 6 nitrogen and oxygen atoms in total. The van der Waals surface area contributed by atoms with Crippen LogP contribution in [-0.2, 0) is 29.5 Å². The van der Waals surface area contributed by atoms with E-state index in [0.29, 0.717) is 56.7 Å². The van der Waals surface area contributed by atoms with Crippen LogP contribution in [0.3, 0.4) is 0 Å². The van der Waals surface area contributed by atoms with E-state index in [9.17, 15) is 31.1 Å². The predicted molar refractivity (Wildman–Crippen MR) is 149 cm³/mol. The van der Waals surface area contributed by atoms with Crippen molar-refractivity contribution in [2.24, 2.45) is 13.0 Å². The minimum absolute atomic E-state index is 0.0113. The van der Waals surface area contributed by atoms with Gasteiger partial charge in [-0.1, -0.05) is 40.9 Å². The molecule has 0 saturated carbocycles. The van der Waals surface area contributed by atoms with Crippen LogP contribution in [-0.4, -0.2) is 54.1 Å². The number of aromatic nitrogens is 2. The van der Waals surface area contributed by atoms with Crippen LogP contribution in [0, 0.1) is 5.92 Å². The summed E-state index contributed by atoms with van der Waals surface area (Å²) in [5, 5.41) is 3.54. The molecule has 1 aromatic heterocycles. The van der Waals surface area contributed by atoms with E-state index >= 15 is 0 Å². The summed E-state index contributed by atoms with van der Waals surface area (Å²) in [7, 11) is 1.77. The molecule has 1 aliphatic rings. The number of nitrogens with one attached hydrogen (secondary N) is 1. The normalized spacial score (nSPS) is 16.3. The van der Waals surface area contributed by atoms with E-state index in [2.05, 4.69) is 15.0 Å². The third-order valence-electron chi connectivity index (χ3n) is 7.08. The zero-order valence-electron chi connectivity index (χ0n) is 22.3. The Kier molecular flexibility index (Phi) is 10.1. The highest BCUT2D eigenvalue weighted by atomic mass is 35.5. The van der Waals surface area contributed by atoms with Crippen molar-refractivity contribution in [2.75, 3.05) is 31.2 Å². The highest BCUT2D eigenvalue weighted by Crippen LogP contribution is 2.39. The predicted octanol–water partition coefficient (Wildman–Crippen LogP) is 7.49. The number of carbonyl (C=O) groups is 1. The molecule has 0 bridgehead atoms. The van der Waals surface area contributed by atoms with Crippen LogP contribution in [0.5, 0.6) is 0 Å². The van der Waals surface area contributed by atoms with E-state index in [4.69, 9.17) is 34.8 Å². The highest BCUT2D eigenvalue weighted by Gasteiger charge is 2.42. The number of fused-ring (bicyclic) bond motifs is 1. The van der Waals surface area contributed by atoms with Crippen LogP contribution < -0.4 is 10.2 Å². The molecule has 2 aromatic carbocycles. The number of hydrogen-bond donors (Lipinski definition) is 1. The Balaban J connectivity index is 1.49. The molecular formula is C27H27Cl3F6N4O2. The second kappa shape index (κ2) is 13.1. The number of halogens is 9. The van der Waals surface area contributed by atoms with E-state index in [1.54, 1.807) is 40.8 Å². The molecule has 42 heavy (non-hydrogen) atoms. The fourth-order valence-corrected chi connectivity index (χ4v) is 5.70. The second-order valence-corrected chi connectivity index (χ2v) is 11.3. The molecule has 15 heteroatoms. The van der Waals surface area contributed by atoms with Crippen molar-refractivity contribution >= 4 is 57.4 Å². The number of piperidine rings is 1. The SMILES string of the molecule is Cn1c(Cc2c(Cl)ccc(CNC(=O)CCOCC(F)(F)F)c2Cl)nc2cc(Cl)c(N3CCCC(C(F)(F)F)C3)cc21. The van der Waals surface area contributed by atoms with Crippen LogP contribution in [0.2, 0.25) is 15.1 Å². The van der Waals surface area contributed by atoms with Gasteiger partial charge < -0.3 is 19.5 Å². The first-order valence-electron chi connectivity index (χ1n) is 13.0. The lowest BCUT2D eigenvalue weighted by atomic mass is 9.97. The Morgan fingerprint density at radius 1 is 1.12 bits per heavy atom. The van der Waals surface area contributed by atoms with E-state index in [0.717, 1.165) is 0 Å². The third kappa shape index (κ3) is 7.94. The molecule has 1 atom stereocenters. The summed E-state index contributed by atoms with van der Waals surface area (Å²) in [4.78, 5) is 18.4. The van der Waals surface area contributed by atoms with Gasteiger partial charge in [0.1, 0.15) is 12.4 Å². The number of rotatable bonds is 9. The van der Waals surface area contributed by atoms with E-state index in [1.807, 2.05) is 0 Å². The standard InChI is InChI=1S/C27H27Cl3F6N4O2/c1-39-22-11-21(40-7-2-3-16(13-40)27(34,35)36)19(29)10-20(22)38-23(39)9-17-18(28)5-4-15(25(17)30)12-37-24(41)6-8-42-14-26(31,32)33/h4-5,10-11,16H,2-3,6-9,12-14H2,1H3,(H,37,41). The molecule has 1 N–H and O–H groups in total. The first kappa shape index (κ1) is 32.5. The van der Waals surface area contributed by atoms with E-state index in [-0.39, 0.29) is 44.0 Å². The van der Waals surface area contributed by atoms with Crippen molar-refractivity contribution in [1.29, 1.82) is 0 Å². The van der Waals surface area contributed by atoms with Gasteiger partial charge in [0.2, 0.25) is 5.91 Å². The summed E-state index contributed by atoms with van der Waals surface area (Å²) in [6.07, 6.45) is -8.33. The molecule has 0 radical (unpaired) electrons. The van der Waals surface area contributed by atoms with E-state index < -0.39 is 30.8 Å². The minimum Gasteiger partial charge on any atom is -0.372 e. The summed E-state index contributed by atoms with van der Waals surface area (Å²) < 4.78 is 82.9. The lowest BCUT2D eigenvalue weighted by molar-refractivity contribution is -0.176. The minimum atomic E-state index is -4.47. The molecule has 1 fully saturated rings. The Labute approximate surface area is 252 Å². The third-order valence-corrected chi connectivity index (χ3v) is 8.21. The number of benzene rings is 2. The van der Waals surface area contributed by atoms with Crippen LogP contribution in [0.15, 0.2) is 24.3 Å². The number of anilines is 1. The van der Waals surface area contributed by atoms with Crippen molar-refractivity contribution in [3.8, 4) is 0 Å². The maximum Gasteiger partial charge on any atom is 0.411 e. The number of amides is 1. The zero-order valence-corrected chi connectivity index (χ0v) is 24.6. The largest absolute Gasteiger partial charge is 0.411 e. The fraction of sp³-hybridized carbons (Fsp3) is 0.481. The molecule has 0 aliphatic carbocycles. The molecule has 1 aliphatic heterocycles. The summed E-state index contributed by atoms with van der Waals surface area (Å²) in [5.74, 6) is -1.37. The molecule has 0 spiro atoms. The van der Waals surface area contributed by atoms with Gasteiger partial charge in [0.05, 0.1) is 39.3 Å². The van der Waals surface area contributed by atoms with Crippen LogP contribution >= 0.6 is 34.8 Å². The van der Waals surface area contributed by atoms with Crippen LogP contribution in [0.4, 0.5) is 32.0 Å². The summed E-state index contributed by atoms with van der Waals surface area (Å²) in [6, 6.07) is 6.60. The summed E-state index contributed by atoms with van der Waals surface area (Å²) >= 11 is 19.6. The van der Waals surface area contributed by atoms with Crippen LogP contribution in [0.1, 0.15) is 36.2 Å². The van der Waals surface area contributed by atoms with Crippen molar-refractivity contribution in [3.05, 3.63) is 56.3 Å². The molecule has 1 saturated heterocycles. The van der Waals surface area contributed by atoms with Gasteiger partial charge >= 0.3 is 12.4 Å². The molecule has 2 heterocycles. The quantitative estimate of drug-likeness (QED) is 0.191. The summed E-state index contributed by atoms with van der Waals surface area (Å²) in [6.45, 7) is -1.52. The van der Waals surface area contributed by atoms with Gasteiger partial charge in [-0.05, 0) is 42.2 Å². The van der Waals surface area contributed by atoms with Crippen molar-refractivity contribution < 1.29 is 35.9 Å². The first-order chi connectivity index (χ1) is 19.6. The van der Waals surface area contributed by atoms with Gasteiger partial charge in [0.25, 0.3) is 0 Å². The number of nitrogens with zero attached hydrogens (tertiary/aromatic N) is 3. The van der Waals surface area contributed by atoms with E-state index in [1.165, 1.54) is 0 Å². The number of carbonyl (C=O) groups excluding carboxylic acids is 1. The topological polar surface area (TPSA) is 59.4 Å². The molecular weight excluding hydrogens is 633 g/mol. The number of alkyl halides is 6. The fourth-order valence-electron chi connectivity index (χ4n) is 4.85. The molecule has 3 aromatic rings. The molecule has 230 valence electrons. The van der Waals surface area contributed by atoms with Crippen molar-refractivity contribution in [2.45, 2.75) is 44.6 Å². The number of ether oxygens (including phenoxy) is 1. The van der Waals surface area contributed by atoms with Gasteiger partial charge in [-0.25, -0.2) is 4.98 Å². The number of hydrogen-bond acceptors (Lipinski definition) is 4. The molecule has 4 rings (SSSR count). The lowest BCUT2D eigenvalue weighted by Gasteiger charge is -2.35. The monoisotopic (exact) mass is 658 g/mol. The van der Waals surface area contributed by atoms with Gasteiger partial charge in [-0.15, -0.1) is 0 Å². The van der Waals surface area contributed by atoms with Crippen LogP contribution in [0.25, 0.3) is 11.0 Å². The number of imidazole rings is 1. The lowest BCUT2D eigenvalue weighted by Crippen LogP contribution is -2.41. The van der Waals surface area contributed by atoms with Gasteiger partial charge in [-0.3, -0.25) is 4.79 Å². The Hall–Kier alpha value is -2.41. The average Bonchev–Trinajstić information content (AvgIpc) is 3.20. The molecule has 1 amide bonds. The van der Waals surface area contributed by atoms with Gasteiger partial charge in [0.15, 0.2) is 0 Å². The zero-order chi connectivity index (χ0) is 30.8. The van der Waals surface area contributed by atoms with Crippen molar-refractivity contribution in [3.63, 3.8) is 0 Å². The highest BCUT2D eigenvalue weighted by molar-refractivity contribution is 6.36. The molecule has 1 unspecified atom stereocenters. The Morgan fingerprint density at radius 2 is 1.86 bits per heavy atom. The van der Waals surface area contributed by atoms with Gasteiger partial charge in [-0.2, -0.15) is 26.3 Å². The smallest absolute Gasteiger partial charge is 0.372 e. The average molecular weight is 660 g/mol. The van der Waals surface area contributed by atoms with Gasteiger partial charge in [0, 0.05) is 44.5 Å². The Morgan fingerprint density at radius 3 is 2.55 bits per heavy atom. The maximum absolute atomic E-state index is 13.4. The summed E-state index contributed by atoms with van der Waals surface area (Å²) in [5.41, 5.74) is 2.79. The second-order valence-electron chi connectivity index (χ2n) is 10.1. The first-order valence-corrected chi connectivity index (χ1v) is 14.1.